The molecule has 2 aliphatic heterocycles. The number of nitrogens with one attached hydrogen (secondary N) is 1. The zero-order chi connectivity index (χ0) is 18.1. The van der Waals surface area contributed by atoms with Crippen molar-refractivity contribution < 1.29 is 18.9 Å². The van der Waals surface area contributed by atoms with Crippen LogP contribution >= 0.6 is 15.9 Å². The van der Waals surface area contributed by atoms with E-state index < -0.39 is 0 Å². The Morgan fingerprint density at radius 2 is 1.69 bits per heavy atom. The molecule has 2 aromatic carbocycles. The molecule has 26 heavy (non-hydrogen) atoms. The maximum Gasteiger partial charge on any atom is 0.231 e. The molecule has 2 heterocycles. The van der Waals surface area contributed by atoms with E-state index in [0.717, 1.165) is 46.0 Å². The van der Waals surface area contributed by atoms with Crippen molar-refractivity contribution in [3.63, 3.8) is 0 Å². The molecule has 0 aliphatic carbocycles. The van der Waals surface area contributed by atoms with Crippen molar-refractivity contribution in [2.75, 3.05) is 26.6 Å². The summed E-state index contributed by atoms with van der Waals surface area (Å²) in [5.41, 5.74) is 3.62. The monoisotopic (exact) mass is 419 g/mol. The van der Waals surface area contributed by atoms with E-state index in [-0.39, 0.29) is 12.8 Å². The fraction of sp³-hybridized carbons (Fsp3) is 0.400. The zero-order valence-electron chi connectivity index (χ0n) is 14.9. The SMILES string of the molecule is CCOc1cc2c(cc1OCC)[C@@H](c1cc3c(cc1Br)OCO3)NCC2. The number of benzene rings is 2. The van der Waals surface area contributed by atoms with Crippen molar-refractivity contribution in [2.45, 2.75) is 26.3 Å². The summed E-state index contributed by atoms with van der Waals surface area (Å²) >= 11 is 3.69. The Balaban J connectivity index is 1.78. The van der Waals surface area contributed by atoms with E-state index in [9.17, 15) is 0 Å². The number of ether oxygens (including phenoxy) is 4. The summed E-state index contributed by atoms with van der Waals surface area (Å²) in [6.07, 6.45) is 0.959. The fourth-order valence-electron chi connectivity index (χ4n) is 3.53. The highest BCUT2D eigenvalue weighted by Gasteiger charge is 2.28. The van der Waals surface area contributed by atoms with Gasteiger partial charge in [0.1, 0.15) is 0 Å². The lowest BCUT2D eigenvalue weighted by Gasteiger charge is -2.29. The van der Waals surface area contributed by atoms with Gasteiger partial charge >= 0.3 is 0 Å². The molecule has 0 saturated heterocycles. The van der Waals surface area contributed by atoms with Crippen LogP contribution in [0.2, 0.25) is 0 Å². The third-order valence-electron chi connectivity index (χ3n) is 4.66. The zero-order valence-corrected chi connectivity index (χ0v) is 16.5. The molecular formula is C20H22BrNO4. The second kappa shape index (κ2) is 7.37. The van der Waals surface area contributed by atoms with E-state index in [2.05, 4.69) is 39.4 Å². The van der Waals surface area contributed by atoms with Crippen LogP contribution in [0.5, 0.6) is 23.0 Å². The second-order valence-electron chi connectivity index (χ2n) is 6.23. The molecule has 0 fully saturated rings. The molecule has 0 aromatic heterocycles. The van der Waals surface area contributed by atoms with Gasteiger partial charge in [0.15, 0.2) is 23.0 Å². The van der Waals surface area contributed by atoms with E-state index in [1.165, 1.54) is 11.1 Å². The number of rotatable bonds is 5. The van der Waals surface area contributed by atoms with Crippen LogP contribution in [0.15, 0.2) is 28.7 Å². The Labute approximate surface area is 161 Å². The van der Waals surface area contributed by atoms with Gasteiger partial charge in [-0.2, -0.15) is 0 Å². The Hall–Kier alpha value is -1.92. The summed E-state index contributed by atoms with van der Waals surface area (Å²) in [5, 5.41) is 3.62. The van der Waals surface area contributed by atoms with Gasteiger partial charge in [0.2, 0.25) is 6.79 Å². The number of hydrogen-bond acceptors (Lipinski definition) is 5. The minimum absolute atomic E-state index is 0.0532. The normalized spacial score (nSPS) is 17.7. The van der Waals surface area contributed by atoms with Crippen LogP contribution < -0.4 is 24.3 Å². The third kappa shape index (κ3) is 3.12. The van der Waals surface area contributed by atoms with Crippen molar-refractivity contribution in [3.05, 3.63) is 45.4 Å². The van der Waals surface area contributed by atoms with E-state index in [4.69, 9.17) is 18.9 Å². The average molecular weight is 420 g/mol. The molecule has 0 bridgehead atoms. The van der Waals surface area contributed by atoms with E-state index in [0.29, 0.717) is 13.2 Å². The van der Waals surface area contributed by atoms with Crippen molar-refractivity contribution in [3.8, 4) is 23.0 Å². The van der Waals surface area contributed by atoms with Gasteiger partial charge in [-0.05, 0) is 61.2 Å². The topological polar surface area (TPSA) is 49.0 Å². The van der Waals surface area contributed by atoms with Gasteiger partial charge in [-0.25, -0.2) is 0 Å². The second-order valence-corrected chi connectivity index (χ2v) is 7.08. The maximum atomic E-state index is 5.83. The number of hydrogen-bond donors (Lipinski definition) is 1. The lowest BCUT2D eigenvalue weighted by molar-refractivity contribution is 0.174. The lowest BCUT2D eigenvalue weighted by Crippen LogP contribution is -2.31. The van der Waals surface area contributed by atoms with Gasteiger partial charge in [0.05, 0.1) is 19.3 Å². The molecule has 0 radical (unpaired) electrons. The lowest BCUT2D eigenvalue weighted by atomic mass is 9.89. The summed E-state index contributed by atoms with van der Waals surface area (Å²) in [6.45, 7) is 6.37. The molecule has 0 amide bonds. The van der Waals surface area contributed by atoms with Gasteiger partial charge in [-0.15, -0.1) is 0 Å². The first kappa shape index (κ1) is 17.5. The van der Waals surface area contributed by atoms with Gasteiger partial charge < -0.3 is 24.3 Å². The standard InChI is InChI=1S/C20H22BrNO4/c1-3-23-16-7-12-5-6-22-20(13(12)8-17(16)24-4-2)14-9-18-19(10-15(14)21)26-11-25-18/h7-10,20,22H,3-6,11H2,1-2H3/t20-/m0/s1. The summed E-state index contributed by atoms with van der Waals surface area (Å²) in [5.74, 6) is 3.17. The molecular weight excluding hydrogens is 398 g/mol. The quantitative estimate of drug-likeness (QED) is 0.786. The highest BCUT2D eigenvalue weighted by molar-refractivity contribution is 9.10. The van der Waals surface area contributed by atoms with Crippen LogP contribution in [0.25, 0.3) is 0 Å². The molecule has 138 valence electrons. The Morgan fingerprint density at radius 1 is 1.00 bits per heavy atom. The first-order valence-electron chi connectivity index (χ1n) is 8.96. The van der Waals surface area contributed by atoms with E-state index in [1.54, 1.807) is 0 Å². The van der Waals surface area contributed by atoms with Crippen LogP contribution in [-0.4, -0.2) is 26.6 Å². The summed E-state index contributed by atoms with van der Waals surface area (Å²) in [4.78, 5) is 0. The smallest absolute Gasteiger partial charge is 0.231 e. The summed E-state index contributed by atoms with van der Waals surface area (Å²) < 4.78 is 23.7. The van der Waals surface area contributed by atoms with Gasteiger partial charge in [-0.1, -0.05) is 15.9 Å². The van der Waals surface area contributed by atoms with Crippen LogP contribution in [0.4, 0.5) is 0 Å². The van der Waals surface area contributed by atoms with Gasteiger partial charge in [0, 0.05) is 11.0 Å². The summed E-state index contributed by atoms with van der Waals surface area (Å²) in [6, 6.07) is 8.32. The third-order valence-corrected chi connectivity index (χ3v) is 5.35. The molecule has 5 nitrogen and oxygen atoms in total. The molecule has 0 unspecified atom stereocenters. The number of fused-ring (bicyclic) bond motifs is 2. The van der Waals surface area contributed by atoms with Gasteiger partial charge in [0.25, 0.3) is 0 Å². The molecule has 2 aliphatic rings. The molecule has 0 saturated carbocycles. The predicted molar refractivity (Wildman–Crippen MR) is 103 cm³/mol. The van der Waals surface area contributed by atoms with Crippen molar-refractivity contribution in [1.29, 1.82) is 0 Å². The van der Waals surface area contributed by atoms with Crippen LogP contribution in [0, 0.1) is 0 Å². The first-order chi connectivity index (χ1) is 12.7. The number of halogens is 1. The fourth-order valence-corrected chi connectivity index (χ4v) is 4.08. The molecule has 1 atom stereocenters. The summed E-state index contributed by atoms with van der Waals surface area (Å²) in [7, 11) is 0. The first-order valence-corrected chi connectivity index (χ1v) is 9.75. The molecule has 4 rings (SSSR count). The minimum Gasteiger partial charge on any atom is -0.490 e. The van der Waals surface area contributed by atoms with Crippen molar-refractivity contribution in [1.82, 2.24) is 5.32 Å². The van der Waals surface area contributed by atoms with E-state index >= 15 is 0 Å². The molecule has 1 N–H and O–H groups in total. The van der Waals surface area contributed by atoms with Crippen LogP contribution in [0.1, 0.15) is 36.6 Å². The van der Waals surface area contributed by atoms with Crippen LogP contribution in [-0.2, 0) is 6.42 Å². The van der Waals surface area contributed by atoms with Crippen molar-refractivity contribution >= 4 is 15.9 Å². The highest BCUT2D eigenvalue weighted by atomic mass is 79.9. The van der Waals surface area contributed by atoms with Gasteiger partial charge in [-0.3, -0.25) is 0 Å². The minimum atomic E-state index is 0.0532. The molecule has 0 spiro atoms. The van der Waals surface area contributed by atoms with Crippen LogP contribution in [0.3, 0.4) is 0 Å². The maximum absolute atomic E-state index is 5.83. The largest absolute Gasteiger partial charge is 0.490 e. The molecule has 2 aromatic rings. The Kier molecular flexibility index (Phi) is 4.96. The van der Waals surface area contributed by atoms with Crippen molar-refractivity contribution in [2.24, 2.45) is 0 Å². The Bertz CT molecular complexity index is 824. The average Bonchev–Trinajstić information content (AvgIpc) is 3.09. The predicted octanol–water partition coefficient (Wildman–Crippen LogP) is 4.21. The molecule has 6 heteroatoms. The highest BCUT2D eigenvalue weighted by Crippen LogP contribution is 2.43. The Morgan fingerprint density at radius 3 is 2.42 bits per heavy atom. The van der Waals surface area contributed by atoms with E-state index in [1.807, 2.05) is 19.9 Å².